The van der Waals surface area contributed by atoms with Gasteiger partial charge in [-0.1, -0.05) is 0 Å². The number of carbonyl (C=O) groups excluding carboxylic acids is 1. The van der Waals surface area contributed by atoms with Crippen LogP contribution in [0.3, 0.4) is 0 Å². The number of nitrogens with two attached hydrogens (primary N) is 1. The summed E-state index contributed by atoms with van der Waals surface area (Å²) in [7, 11) is 0. The number of likely N-dealkylation sites (tertiary alicyclic amines) is 1. The van der Waals surface area contributed by atoms with E-state index in [2.05, 4.69) is 5.32 Å². The van der Waals surface area contributed by atoms with Gasteiger partial charge in [0.25, 0.3) is 0 Å². The predicted octanol–water partition coefficient (Wildman–Crippen LogP) is 0.228. The highest BCUT2D eigenvalue weighted by Gasteiger charge is 2.25. The third-order valence-corrected chi connectivity index (χ3v) is 3.32. The van der Waals surface area contributed by atoms with E-state index in [1.165, 1.54) is 0 Å². The molecule has 2 atom stereocenters. The minimum absolute atomic E-state index is 0.175. The van der Waals surface area contributed by atoms with Gasteiger partial charge in [0.05, 0.1) is 5.92 Å². The minimum atomic E-state index is -0.904. The van der Waals surface area contributed by atoms with Crippen LogP contribution < -0.4 is 11.1 Å². The lowest BCUT2D eigenvalue weighted by Crippen LogP contribution is -2.51. The molecule has 4 N–H and O–H groups in total. The van der Waals surface area contributed by atoms with Crippen LogP contribution in [0.2, 0.25) is 0 Å². The number of carboxylic acids is 1. The molecule has 1 aliphatic rings. The second-order valence-electron chi connectivity index (χ2n) is 4.69. The van der Waals surface area contributed by atoms with Crippen molar-refractivity contribution in [3.05, 3.63) is 0 Å². The van der Waals surface area contributed by atoms with Crippen molar-refractivity contribution in [3.8, 4) is 0 Å². The quantitative estimate of drug-likeness (QED) is 0.661. The Morgan fingerprint density at radius 3 is 2.35 bits per heavy atom. The molecule has 0 aromatic heterocycles. The first-order chi connectivity index (χ1) is 7.91. The fraction of sp³-hybridized carbons (Fsp3) is 0.818. The van der Waals surface area contributed by atoms with E-state index in [0.29, 0.717) is 13.1 Å². The van der Waals surface area contributed by atoms with Crippen molar-refractivity contribution in [2.24, 2.45) is 11.7 Å². The zero-order chi connectivity index (χ0) is 13.0. The van der Waals surface area contributed by atoms with Crippen LogP contribution in [-0.2, 0) is 4.79 Å². The number of urea groups is 1. The molecule has 1 rings (SSSR count). The molecule has 1 aliphatic heterocycles. The zero-order valence-corrected chi connectivity index (χ0v) is 10.3. The molecule has 2 unspecified atom stereocenters. The lowest BCUT2D eigenvalue weighted by molar-refractivity contribution is -0.141. The molecule has 0 saturated carbocycles. The standard InChI is InChI=1S/C11H21N3O3/c1-7(10(15)16)8(2)13-11(17)14-5-3-9(12)4-6-14/h7-9H,3-6,12H2,1-2H3,(H,13,17)(H,15,16). The van der Waals surface area contributed by atoms with Gasteiger partial charge in [-0.15, -0.1) is 0 Å². The first kappa shape index (κ1) is 13.8. The molecule has 0 bridgehead atoms. The number of amides is 2. The zero-order valence-electron chi connectivity index (χ0n) is 10.3. The van der Waals surface area contributed by atoms with Crippen molar-refractivity contribution >= 4 is 12.0 Å². The van der Waals surface area contributed by atoms with Crippen LogP contribution in [0.1, 0.15) is 26.7 Å². The Morgan fingerprint density at radius 2 is 1.88 bits per heavy atom. The Hall–Kier alpha value is -1.30. The third-order valence-electron chi connectivity index (χ3n) is 3.32. The summed E-state index contributed by atoms with van der Waals surface area (Å²) in [6.45, 7) is 4.56. The maximum absolute atomic E-state index is 11.8. The maximum atomic E-state index is 11.8. The molecule has 0 radical (unpaired) electrons. The average Bonchev–Trinajstić information content (AvgIpc) is 2.28. The van der Waals surface area contributed by atoms with Gasteiger partial charge in [-0.3, -0.25) is 4.79 Å². The van der Waals surface area contributed by atoms with Gasteiger partial charge in [0.2, 0.25) is 0 Å². The van der Waals surface area contributed by atoms with Crippen LogP contribution in [0.5, 0.6) is 0 Å². The van der Waals surface area contributed by atoms with Gasteiger partial charge >= 0.3 is 12.0 Å². The fourth-order valence-electron chi connectivity index (χ4n) is 1.73. The second-order valence-corrected chi connectivity index (χ2v) is 4.69. The van der Waals surface area contributed by atoms with E-state index in [-0.39, 0.29) is 18.1 Å². The monoisotopic (exact) mass is 243 g/mol. The van der Waals surface area contributed by atoms with Gasteiger partial charge in [0.15, 0.2) is 0 Å². The predicted molar refractivity (Wildman–Crippen MR) is 63.6 cm³/mol. The molecular formula is C11H21N3O3. The van der Waals surface area contributed by atoms with E-state index < -0.39 is 11.9 Å². The van der Waals surface area contributed by atoms with Gasteiger partial charge in [0, 0.05) is 25.2 Å². The molecule has 17 heavy (non-hydrogen) atoms. The molecule has 1 fully saturated rings. The van der Waals surface area contributed by atoms with Crippen molar-refractivity contribution in [1.82, 2.24) is 10.2 Å². The van der Waals surface area contributed by atoms with Crippen LogP contribution in [0.15, 0.2) is 0 Å². The van der Waals surface area contributed by atoms with Crippen LogP contribution in [0.25, 0.3) is 0 Å². The van der Waals surface area contributed by atoms with Crippen LogP contribution >= 0.6 is 0 Å². The van der Waals surface area contributed by atoms with E-state index in [9.17, 15) is 9.59 Å². The highest BCUT2D eigenvalue weighted by Crippen LogP contribution is 2.09. The summed E-state index contributed by atoms with van der Waals surface area (Å²) in [6, 6.07) is -0.400. The fourth-order valence-corrected chi connectivity index (χ4v) is 1.73. The lowest BCUT2D eigenvalue weighted by Gasteiger charge is -2.31. The number of hydrogen-bond donors (Lipinski definition) is 3. The number of nitrogens with zero attached hydrogens (tertiary/aromatic N) is 1. The largest absolute Gasteiger partial charge is 0.481 e. The van der Waals surface area contributed by atoms with Crippen molar-refractivity contribution in [1.29, 1.82) is 0 Å². The Labute approximate surface area is 101 Å². The molecule has 1 saturated heterocycles. The van der Waals surface area contributed by atoms with Gasteiger partial charge in [-0.25, -0.2) is 4.79 Å². The Balaban J connectivity index is 2.41. The van der Waals surface area contributed by atoms with Crippen molar-refractivity contribution < 1.29 is 14.7 Å². The molecule has 0 spiro atoms. The normalized spacial score (nSPS) is 20.8. The molecule has 2 amide bonds. The second kappa shape index (κ2) is 5.86. The van der Waals surface area contributed by atoms with Gasteiger partial charge in [0.1, 0.15) is 0 Å². The summed E-state index contributed by atoms with van der Waals surface area (Å²) < 4.78 is 0. The Morgan fingerprint density at radius 1 is 1.35 bits per heavy atom. The molecule has 6 nitrogen and oxygen atoms in total. The number of aliphatic carboxylic acids is 1. The number of carbonyl (C=O) groups is 2. The summed E-state index contributed by atoms with van der Waals surface area (Å²) in [5, 5.41) is 11.5. The van der Waals surface area contributed by atoms with Gasteiger partial charge in [-0.05, 0) is 26.7 Å². The number of rotatable bonds is 3. The van der Waals surface area contributed by atoms with E-state index in [1.54, 1.807) is 18.7 Å². The Kier molecular flexibility index (Phi) is 4.74. The summed E-state index contributed by atoms with van der Waals surface area (Å²) in [4.78, 5) is 24.3. The molecule has 6 heteroatoms. The van der Waals surface area contributed by atoms with Crippen molar-refractivity contribution in [2.45, 2.75) is 38.8 Å². The smallest absolute Gasteiger partial charge is 0.317 e. The molecule has 0 aliphatic carbocycles. The highest BCUT2D eigenvalue weighted by atomic mass is 16.4. The first-order valence-electron chi connectivity index (χ1n) is 5.95. The van der Waals surface area contributed by atoms with E-state index in [0.717, 1.165) is 12.8 Å². The summed E-state index contributed by atoms with van der Waals surface area (Å²) in [5.74, 6) is -1.50. The Bertz CT molecular complexity index is 288. The topological polar surface area (TPSA) is 95.7 Å². The number of carboxylic acid groups (broad SMARTS) is 1. The number of hydrogen-bond acceptors (Lipinski definition) is 3. The van der Waals surface area contributed by atoms with E-state index >= 15 is 0 Å². The molecule has 0 aromatic carbocycles. The first-order valence-corrected chi connectivity index (χ1v) is 5.95. The van der Waals surface area contributed by atoms with Gasteiger partial charge < -0.3 is 21.1 Å². The molecule has 1 heterocycles. The van der Waals surface area contributed by atoms with Crippen molar-refractivity contribution in [3.63, 3.8) is 0 Å². The SMILES string of the molecule is CC(NC(=O)N1CCC(N)CC1)C(C)C(=O)O. The average molecular weight is 243 g/mol. The molecule has 98 valence electrons. The maximum Gasteiger partial charge on any atom is 0.317 e. The van der Waals surface area contributed by atoms with Crippen LogP contribution in [0.4, 0.5) is 4.79 Å². The summed E-state index contributed by atoms with van der Waals surface area (Å²) in [6.07, 6.45) is 1.60. The molecule has 0 aromatic rings. The number of nitrogens with one attached hydrogen (secondary N) is 1. The minimum Gasteiger partial charge on any atom is -0.481 e. The van der Waals surface area contributed by atoms with Crippen LogP contribution in [0, 0.1) is 5.92 Å². The van der Waals surface area contributed by atoms with Gasteiger partial charge in [-0.2, -0.15) is 0 Å². The van der Waals surface area contributed by atoms with Crippen LogP contribution in [-0.4, -0.2) is 47.2 Å². The lowest BCUT2D eigenvalue weighted by atomic mass is 10.0. The van der Waals surface area contributed by atoms with Crippen molar-refractivity contribution in [2.75, 3.05) is 13.1 Å². The third kappa shape index (κ3) is 3.89. The highest BCUT2D eigenvalue weighted by molar-refractivity contribution is 5.76. The molecular weight excluding hydrogens is 222 g/mol. The summed E-state index contributed by atoms with van der Waals surface area (Å²) >= 11 is 0. The number of piperidine rings is 1. The van der Waals surface area contributed by atoms with E-state index in [1.807, 2.05) is 0 Å². The van der Waals surface area contributed by atoms with E-state index in [4.69, 9.17) is 10.8 Å². The summed E-state index contributed by atoms with van der Waals surface area (Å²) in [5.41, 5.74) is 5.75.